The molecule has 0 radical (unpaired) electrons. The molecule has 0 fully saturated rings. The Bertz CT molecular complexity index is 543. The van der Waals surface area contributed by atoms with Crippen LogP contribution in [0.3, 0.4) is 0 Å². The van der Waals surface area contributed by atoms with Crippen molar-refractivity contribution < 1.29 is 4.74 Å². The van der Waals surface area contributed by atoms with Crippen molar-refractivity contribution >= 4 is 38.9 Å². The van der Waals surface area contributed by atoms with E-state index in [4.69, 9.17) is 16.3 Å². The van der Waals surface area contributed by atoms with Crippen LogP contribution in [-0.2, 0) is 11.2 Å². The number of ether oxygens (including phenoxy) is 1. The van der Waals surface area contributed by atoms with Gasteiger partial charge in [-0.3, -0.25) is 0 Å². The van der Waals surface area contributed by atoms with E-state index in [1.54, 1.807) is 18.4 Å². The Morgan fingerprint density at radius 2 is 2.00 bits per heavy atom. The molecule has 1 N–H and O–H groups in total. The minimum absolute atomic E-state index is 0.435. The largest absolute Gasteiger partial charge is 0.383 e. The first-order valence-electron chi connectivity index (χ1n) is 6.88. The first-order valence-corrected chi connectivity index (χ1v) is 8.87. The molecule has 0 bridgehead atoms. The number of thiophene rings is 1. The highest BCUT2D eigenvalue weighted by Gasteiger charge is 2.13. The van der Waals surface area contributed by atoms with Gasteiger partial charge in [-0.2, -0.15) is 0 Å². The summed E-state index contributed by atoms with van der Waals surface area (Å²) in [6.07, 6.45) is 0.999. The molecule has 0 aliphatic rings. The van der Waals surface area contributed by atoms with Gasteiger partial charge in [0.2, 0.25) is 0 Å². The summed E-state index contributed by atoms with van der Waals surface area (Å²) in [6.45, 7) is 2.53. The maximum Gasteiger partial charge on any atom is 0.0931 e. The zero-order valence-corrected chi connectivity index (χ0v) is 15.1. The van der Waals surface area contributed by atoms with Crippen LogP contribution in [0.2, 0.25) is 4.34 Å². The molecule has 2 nitrogen and oxygen atoms in total. The van der Waals surface area contributed by atoms with Gasteiger partial charge in [-0.05, 0) is 36.2 Å². The molecule has 21 heavy (non-hydrogen) atoms. The number of nitrogens with one attached hydrogen (secondary N) is 1. The second kappa shape index (κ2) is 8.91. The summed E-state index contributed by atoms with van der Waals surface area (Å²) in [5, 5.41) is 3.46. The van der Waals surface area contributed by atoms with E-state index in [2.05, 4.69) is 51.6 Å². The lowest BCUT2D eigenvalue weighted by molar-refractivity contribution is 0.199. The summed E-state index contributed by atoms with van der Waals surface area (Å²) in [4.78, 5) is 1.32. The Hall–Kier alpha value is -0.390. The Labute approximate surface area is 143 Å². The summed E-state index contributed by atoms with van der Waals surface area (Å²) in [7, 11) is 1.72. The summed E-state index contributed by atoms with van der Waals surface area (Å²) in [5.41, 5.74) is 1.34. The molecule has 0 aliphatic heterocycles. The fourth-order valence-corrected chi connectivity index (χ4v) is 3.63. The number of methoxy groups -OCH3 is 1. The zero-order chi connectivity index (χ0) is 15.1. The molecule has 0 aliphatic carbocycles. The predicted octanol–water partition coefficient (Wildman–Crippen LogP) is 4.73. The van der Waals surface area contributed by atoms with Gasteiger partial charge in [0.1, 0.15) is 0 Å². The van der Waals surface area contributed by atoms with E-state index in [1.807, 2.05) is 6.07 Å². The maximum absolute atomic E-state index is 6.04. The summed E-state index contributed by atoms with van der Waals surface area (Å²) in [5.74, 6) is 0.435. The zero-order valence-electron chi connectivity index (χ0n) is 11.9. The van der Waals surface area contributed by atoms with Crippen LogP contribution in [0, 0.1) is 0 Å². The van der Waals surface area contributed by atoms with Gasteiger partial charge in [0.15, 0.2) is 0 Å². The predicted molar refractivity (Wildman–Crippen MR) is 94.7 cm³/mol. The second-order valence-corrected chi connectivity index (χ2v) is 7.57. The van der Waals surface area contributed by atoms with Crippen molar-refractivity contribution in [1.29, 1.82) is 0 Å². The fourth-order valence-electron chi connectivity index (χ4n) is 2.20. The van der Waals surface area contributed by atoms with Gasteiger partial charge < -0.3 is 10.1 Å². The van der Waals surface area contributed by atoms with E-state index in [0.717, 1.165) is 34.9 Å². The van der Waals surface area contributed by atoms with E-state index in [9.17, 15) is 0 Å². The highest BCUT2D eigenvalue weighted by Crippen LogP contribution is 2.28. The Kier molecular flexibility index (Phi) is 7.20. The van der Waals surface area contributed by atoms with Gasteiger partial charge in [0.05, 0.1) is 10.9 Å². The molecule has 2 aromatic rings. The van der Waals surface area contributed by atoms with Crippen molar-refractivity contribution in [2.24, 2.45) is 0 Å². The fraction of sp³-hybridized carbons (Fsp3) is 0.375. The quantitative estimate of drug-likeness (QED) is 0.660. The average Bonchev–Trinajstić information content (AvgIpc) is 2.88. The Morgan fingerprint density at radius 1 is 1.24 bits per heavy atom. The number of rotatable bonds is 8. The molecular weight excluding hydrogens is 370 g/mol. The third-order valence-corrected chi connectivity index (χ3v) is 5.07. The maximum atomic E-state index is 6.04. The third-order valence-electron chi connectivity index (χ3n) is 3.29. The second-order valence-electron chi connectivity index (χ2n) is 4.86. The summed E-state index contributed by atoms with van der Waals surface area (Å²) < 4.78 is 7.04. The molecule has 1 heterocycles. The van der Waals surface area contributed by atoms with Crippen LogP contribution in [0.1, 0.15) is 16.4 Å². The lowest BCUT2D eigenvalue weighted by atomic mass is 9.95. The minimum atomic E-state index is 0.435. The van der Waals surface area contributed by atoms with Crippen molar-refractivity contribution in [3.8, 4) is 0 Å². The van der Waals surface area contributed by atoms with Gasteiger partial charge in [-0.15, -0.1) is 11.3 Å². The molecule has 2 rings (SSSR count). The van der Waals surface area contributed by atoms with E-state index in [0.29, 0.717) is 5.92 Å². The smallest absolute Gasteiger partial charge is 0.0931 e. The van der Waals surface area contributed by atoms with Crippen LogP contribution >= 0.6 is 38.9 Å². The van der Waals surface area contributed by atoms with E-state index in [1.165, 1.54) is 10.4 Å². The molecule has 1 aromatic heterocycles. The van der Waals surface area contributed by atoms with Gasteiger partial charge in [-0.1, -0.05) is 39.7 Å². The monoisotopic (exact) mass is 387 g/mol. The normalized spacial score (nSPS) is 12.5. The van der Waals surface area contributed by atoms with Crippen molar-refractivity contribution in [3.63, 3.8) is 0 Å². The number of hydrogen-bond acceptors (Lipinski definition) is 3. The topological polar surface area (TPSA) is 21.3 Å². The van der Waals surface area contributed by atoms with Gasteiger partial charge >= 0.3 is 0 Å². The van der Waals surface area contributed by atoms with Crippen LogP contribution in [0.4, 0.5) is 0 Å². The van der Waals surface area contributed by atoms with Gasteiger partial charge in [0, 0.05) is 35.5 Å². The summed E-state index contributed by atoms with van der Waals surface area (Å²) >= 11 is 11.2. The van der Waals surface area contributed by atoms with Crippen molar-refractivity contribution in [3.05, 3.63) is 55.6 Å². The van der Waals surface area contributed by atoms with Gasteiger partial charge in [0.25, 0.3) is 0 Å². The van der Waals surface area contributed by atoms with Crippen LogP contribution < -0.4 is 5.32 Å². The molecule has 0 amide bonds. The van der Waals surface area contributed by atoms with Gasteiger partial charge in [-0.25, -0.2) is 0 Å². The van der Waals surface area contributed by atoms with E-state index < -0.39 is 0 Å². The Balaban J connectivity index is 2.04. The van der Waals surface area contributed by atoms with Crippen LogP contribution in [0.25, 0.3) is 0 Å². The van der Waals surface area contributed by atoms with Crippen molar-refractivity contribution in [2.75, 3.05) is 26.8 Å². The first-order chi connectivity index (χ1) is 10.2. The standard InChI is InChI=1S/C16H19BrClNOS/c1-20-9-8-19-11-13(10-15-6-7-16(18)21-15)12-2-4-14(17)5-3-12/h2-7,13,19H,8-11H2,1H3. The highest BCUT2D eigenvalue weighted by atomic mass is 79.9. The van der Waals surface area contributed by atoms with Crippen LogP contribution in [0.5, 0.6) is 0 Å². The first kappa shape index (κ1) is 17.0. The number of hydrogen-bond donors (Lipinski definition) is 1. The third kappa shape index (κ3) is 5.72. The highest BCUT2D eigenvalue weighted by molar-refractivity contribution is 9.10. The van der Waals surface area contributed by atoms with E-state index >= 15 is 0 Å². The molecule has 1 unspecified atom stereocenters. The molecular formula is C16H19BrClNOS. The Morgan fingerprint density at radius 3 is 2.62 bits per heavy atom. The SMILES string of the molecule is COCCNCC(Cc1ccc(Cl)s1)c1ccc(Br)cc1. The molecule has 1 aromatic carbocycles. The molecule has 1 atom stereocenters. The lowest BCUT2D eigenvalue weighted by Crippen LogP contribution is -2.26. The van der Waals surface area contributed by atoms with Crippen molar-refractivity contribution in [2.45, 2.75) is 12.3 Å². The lowest BCUT2D eigenvalue weighted by Gasteiger charge is -2.18. The van der Waals surface area contributed by atoms with Crippen LogP contribution in [-0.4, -0.2) is 26.8 Å². The minimum Gasteiger partial charge on any atom is -0.383 e. The number of benzene rings is 1. The summed E-state index contributed by atoms with van der Waals surface area (Å²) in [6, 6.07) is 12.6. The van der Waals surface area contributed by atoms with Crippen LogP contribution in [0.15, 0.2) is 40.9 Å². The van der Waals surface area contributed by atoms with E-state index in [-0.39, 0.29) is 0 Å². The molecule has 114 valence electrons. The molecule has 0 saturated heterocycles. The molecule has 5 heteroatoms. The van der Waals surface area contributed by atoms with Crippen molar-refractivity contribution in [1.82, 2.24) is 5.32 Å². The molecule has 0 spiro atoms. The average molecular weight is 389 g/mol. The molecule has 0 saturated carbocycles. The number of halogens is 2.